The maximum absolute atomic E-state index is 15.8. The number of carbonyl (C=O) groups is 5. The van der Waals surface area contributed by atoms with Gasteiger partial charge in [0.2, 0.25) is 23.6 Å². The van der Waals surface area contributed by atoms with Crippen LogP contribution in [0.5, 0.6) is 5.75 Å². The van der Waals surface area contributed by atoms with Crippen LogP contribution in [0.3, 0.4) is 0 Å². The van der Waals surface area contributed by atoms with Crippen molar-refractivity contribution in [1.82, 2.24) is 55.8 Å². The van der Waals surface area contributed by atoms with Crippen molar-refractivity contribution in [2.24, 2.45) is 22.7 Å². The highest BCUT2D eigenvalue weighted by Gasteiger charge is 2.54. The number of amides is 5. The zero-order chi connectivity index (χ0) is 65.1. The summed E-state index contributed by atoms with van der Waals surface area (Å²) in [6.45, 7) is 21.9. The van der Waals surface area contributed by atoms with E-state index in [9.17, 15) is 33.5 Å². The molecule has 26 heteroatoms. The molecule has 4 aromatic rings. The van der Waals surface area contributed by atoms with E-state index in [4.69, 9.17) is 9.47 Å². The van der Waals surface area contributed by atoms with E-state index in [0.29, 0.717) is 93.3 Å². The smallest absolute Gasteiger partial charge is 0.258 e. The number of aliphatic hydroxyl groups excluding tert-OH is 1. The Morgan fingerprint density at radius 2 is 1.57 bits per heavy atom. The summed E-state index contributed by atoms with van der Waals surface area (Å²) in [5.74, 6) is -0.300. The number of β-amino-alcohol motifs (C(OH)–C–C–N with tert-alkyl or cyclic N) is 1. The average molecular weight is 1300 g/mol. The lowest BCUT2D eigenvalue weighted by Crippen LogP contribution is -2.66. The van der Waals surface area contributed by atoms with Crippen LogP contribution in [0.25, 0.3) is 10.4 Å². The van der Waals surface area contributed by atoms with Crippen molar-refractivity contribution in [2.45, 2.75) is 129 Å². The number of carbonyl (C=O) groups excluding carboxylic acids is 5. The molecule has 6 saturated heterocycles. The molecular weight excluding hydrogens is 1210 g/mol. The van der Waals surface area contributed by atoms with E-state index < -0.39 is 64.2 Å². The molecule has 500 valence electrons. The van der Waals surface area contributed by atoms with Crippen molar-refractivity contribution in [1.29, 1.82) is 0 Å². The predicted octanol–water partition coefficient (Wildman–Crippen LogP) is 4.88. The zero-order valence-electron chi connectivity index (χ0n) is 54.0. The third kappa shape index (κ3) is 16.3. The number of nitrogens with one attached hydrogen (secondary N) is 5. The number of nitrogens with zero attached hydrogens (tertiary/aromatic N) is 9. The van der Waals surface area contributed by atoms with Gasteiger partial charge in [-0.25, -0.2) is 28.1 Å². The standard InChI is InChI=1S/C66H91F3N14O8S/c1-42-58(92-41-75-42)43-7-8-44(30-72-60(87)52-27-48(84)36-83(52)61(88)59(63(2,3)4)76-62(89)66(69)9-10-66)53(26-43)91-23-16-71-56(85)37-80-34-46-32-79(33-47(46)35-80)21-24-90-22-15-70-54-29-55(74-40-73-54)81-19-13-65(14-20-81)39-82(38-57(86)77-65)51-28-49(67)45(25-50(51)68)31-78-17-11-64(5,6)12-18-78/h7-8,25-26,28-29,40-41,46-48,52,59,84H,9-24,27,30-39H2,1-6H3,(H,71,85)(H,72,87)(H,76,89)(H,77,86)(H,70,73,74)/t46-,47+,48-,52+,59-/m1/s1. The first kappa shape index (κ1) is 66.7. The Morgan fingerprint density at radius 1 is 0.826 bits per heavy atom. The Labute approximate surface area is 541 Å². The third-order valence-corrected chi connectivity index (χ3v) is 20.6. The molecular formula is C66H91F3N14O8S. The molecule has 2 aromatic carbocycles. The minimum absolute atomic E-state index is 0.00382. The number of halogens is 3. The quantitative estimate of drug-likeness (QED) is 0.0512. The summed E-state index contributed by atoms with van der Waals surface area (Å²) in [4.78, 5) is 93.4. The number of aromatic nitrogens is 3. The molecule has 2 aromatic heterocycles. The Hall–Kier alpha value is -6.71. The minimum Gasteiger partial charge on any atom is -0.491 e. The highest BCUT2D eigenvalue weighted by molar-refractivity contribution is 7.13. The molecule has 1 saturated carbocycles. The molecule has 8 heterocycles. The van der Waals surface area contributed by atoms with Gasteiger partial charge in [0.25, 0.3) is 5.91 Å². The topological polar surface area (TPSA) is 242 Å². The molecule has 6 aliphatic heterocycles. The minimum atomic E-state index is -1.99. The molecule has 7 aliphatic rings. The van der Waals surface area contributed by atoms with E-state index in [-0.39, 0.29) is 81.5 Å². The highest BCUT2D eigenvalue weighted by atomic mass is 32.1. The number of benzene rings is 2. The molecule has 11 rings (SSSR count). The van der Waals surface area contributed by atoms with Crippen LogP contribution < -0.4 is 41.1 Å². The predicted molar refractivity (Wildman–Crippen MR) is 344 cm³/mol. The van der Waals surface area contributed by atoms with E-state index in [1.807, 2.05) is 31.2 Å². The largest absolute Gasteiger partial charge is 0.491 e. The number of fused-ring (bicyclic) bond motifs is 1. The number of alkyl halides is 1. The summed E-state index contributed by atoms with van der Waals surface area (Å²) >= 11 is 1.49. The lowest BCUT2D eigenvalue weighted by atomic mass is 9.82. The second-order valence-electron chi connectivity index (χ2n) is 28.4. The first-order valence-corrected chi connectivity index (χ1v) is 33.6. The molecule has 7 fully saturated rings. The van der Waals surface area contributed by atoms with E-state index in [1.165, 1.54) is 34.7 Å². The van der Waals surface area contributed by atoms with Gasteiger partial charge in [0.15, 0.2) is 5.67 Å². The van der Waals surface area contributed by atoms with Crippen LogP contribution in [0.2, 0.25) is 0 Å². The second-order valence-corrected chi connectivity index (χ2v) is 29.3. The number of thiazole rings is 1. The fourth-order valence-corrected chi connectivity index (χ4v) is 14.7. The van der Waals surface area contributed by atoms with Crippen LogP contribution in [0, 0.1) is 41.2 Å². The molecule has 92 heavy (non-hydrogen) atoms. The molecule has 1 aliphatic carbocycles. The van der Waals surface area contributed by atoms with Gasteiger partial charge in [0.1, 0.15) is 54.0 Å². The van der Waals surface area contributed by atoms with Crippen LogP contribution in [0.15, 0.2) is 48.2 Å². The molecule has 1 spiro atoms. The van der Waals surface area contributed by atoms with Gasteiger partial charge in [-0.1, -0.05) is 46.8 Å². The van der Waals surface area contributed by atoms with Gasteiger partial charge in [0.05, 0.1) is 66.3 Å². The number of aryl methyl sites for hydroxylation is 1. The highest BCUT2D eigenvalue weighted by Crippen LogP contribution is 2.41. The van der Waals surface area contributed by atoms with E-state index in [1.54, 1.807) is 31.2 Å². The first-order valence-electron chi connectivity index (χ1n) is 32.7. The van der Waals surface area contributed by atoms with Gasteiger partial charge >= 0.3 is 0 Å². The first-order chi connectivity index (χ1) is 43.9. The average Bonchev–Trinajstić information content (AvgIpc) is 0.949. The van der Waals surface area contributed by atoms with E-state index in [0.717, 1.165) is 80.6 Å². The number of rotatable bonds is 24. The molecule has 0 bridgehead atoms. The lowest BCUT2D eigenvalue weighted by molar-refractivity contribution is -0.145. The van der Waals surface area contributed by atoms with Crippen LogP contribution in [-0.4, -0.2) is 217 Å². The van der Waals surface area contributed by atoms with Crippen molar-refractivity contribution in [3.05, 3.63) is 76.7 Å². The number of likely N-dealkylation sites (tertiary alicyclic amines) is 4. The maximum Gasteiger partial charge on any atom is 0.258 e. The van der Waals surface area contributed by atoms with Crippen molar-refractivity contribution >= 4 is 58.2 Å². The number of hydrogen-bond donors (Lipinski definition) is 6. The molecule has 6 N–H and O–H groups in total. The maximum atomic E-state index is 15.8. The molecule has 22 nitrogen and oxygen atoms in total. The molecule has 5 atom stereocenters. The molecule has 5 amide bonds. The van der Waals surface area contributed by atoms with E-state index >= 15 is 8.78 Å². The summed E-state index contributed by atoms with van der Waals surface area (Å²) in [5.41, 5.74) is 1.50. The zero-order valence-corrected chi connectivity index (χ0v) is 54.8. The summed E-state index contributed by atoms with van der Waals surface area (Å²) in [6.07, 6.45) is 3.99. The van der Waals surface area contributed by atoms with Gasteiger partial charge in [-0.15, -0.1) is 11.3 Å². The monoisotopic (exact) mass is 1300 g/mol. The Morgan fingerprint density at radius 3 is 2.27 bits per heavy atom. The second kappa shape index (κ2) is 28.1. The van der Waals surface area contributed by atoms with Crippen LogP contribution in [0.1, 0.15) is 96.4 Å². The number of piperidine rings is 2. The van der Waals surface area contributed by atoms with E-state index in [2.05, 4.69) is 75.0 Å². The molecule has 0 radical (unpaired) electrons. The fourth-order valence-electron chi connectivity index (χ4n) is 13.9. The third-order valence-electron chi connectivity index (χ3n) is 19.7. The lowest BCUT2D eigenvalue weighted by Gasteiger charge is -2.48. The van der Waals surface area contributed by atoms with Gasteiger partial charge in [-0.05, 0) is 98.9 Å². The number of ether oxygens (including phenoxy) is 2. The summed E-state index contributed by atoms with van der Waals surface area (Å²) in [6, 6.07) is 8.01. The summed E-state index contributed by atoms with van der Waals surface area (Å²) in [5, 5.41) is 25.8. The summed E-state index contributed by atoms with van der Waals surface area (Å²) < 4.78 is 58.4. The summed E-state index contributed by atoms with van der Waals surface area (Å²) in [7, 11) is 0. The normalized spacial score (nSPS) is 23.3. The Kier molecular flexibility index (Phi) is 20.4. The van der Waals surface area contributed by atoms with Crippen molar-refractivity contribution < 1.29 is 51.7 Å². The van der Waals surface area contributed by atoms with Crippen LogP contribution >= 0.6 is 11.3 Å². The Bertz CT molecular complexity index is 3300. The number of piperazine rings is 1. The number of aliphatic hydroxyl groups is 1. The van der Waals surface area contributed by atoms with Gasteiger partial charge in [-0.3, -0.25) is 33.8 Å². The van der Waals surface area contributed by atoms with Crippen molar-refractivity contribution in [3.8, 4) is 16.2 Å². The van der Waals surface area contributed by atoms with Crippen LogP contribution in [-0.2, 0) is 41.8 Å². The Balaban J connectivity index is 0.573. The van der Waals surface area contributed by atoms with Gasteiger partial charge in [-0.2, -0.15) is 0 Å². The SMILES string of the molecule is Cc1ncsc1-c1ccc(CNC(=O)[C@@H]2C[C@@H](O)CN2C(=O)[C@@H](NC(=O)C2(F)CC2)C(C)(C)C)c(OCCNC(=O)CN2C[C@H]3CN(CCOCCNc4cc(N5CCC6(CC5)CN(c5cc(F)c(CN7CCC(C)(C)CC7)cc5F)CC(=O)N6)ncn4)C[C@H]3C2)c1. The number of anilines is 3. The van der Waals surface area contributed by atoms with Crippen molar-refractivity contribution in [3.63, 3.8) is 0 Å². The van der Waals surface area contributed by atoms with Gasteiger partial charge in [0, 0.05) is 108 Å². The number of hydrogen-bond acceptors (Lipinski definition) is 18. The molecule has 0 unspecified atom stereocenters. The fraction of sp³-hybridized carbons (Fsp3) is 0.636. The van der Waals surface area contributed by atoms with Crippen molar-refractivity contribution in [2.75, 3.05) is 133 Å². The van der Waals surface area contributed by atoms with Crippen LogP contribution in [0.4, 0.5) is 30.5 Å². The van der Waals surface area contributed by atoms with Gasteiger partial charge < -0.3 is 60.8 Å².